The number of hydrogen-bond acceptors (Lipinski definition) is 4. The van der Waals surface area contributed by atoms with Crippen molar-refractivity contribution in [3.05, 3.63) is 37.0 Å². The maximum atomic E-state index is 11.0. The molecule has 0 saturated heterocycles. The van der Waals surface area contributed by atoms with Crippen LogP contribution in [0, 0.1) is 5.92 Å². The van der Waals surface area contributed by atoms with Crippen LogP contribution in [-0.4, -0.2) is 26.2 Å². The van der Waals surface area contributed by atoms with Crippen molar-refractivity contribution in [2.75, 3.05) is 14.2 Å². The van der Waals surface area contributed by atoms with Crippen LogP contribution >= 0.6 is 0 Å². The Morgan fingerprint density at radius 1 is 0.885 bits per heavy atom. The minimum Gasteiger partial charge on any atom is -0.469 e. The zero-order valence-corrected chi connectivity index (χ0v) is 17.2. The number of unbranched alkanes of at least 4 members (excludes halogenated alkanes) is 6. The first-order valence-electron chi connectivity index (χ1n) is 9.49. The van der Waals surface area contributed by atoms with Crippen molar-refractivity contribution in [3.63, 3.8) is 0 Å². The molecule has 0 N–H and O–H groups in total. The molecule has 0 saturated carbocycles. The molecule has 0 heterocycles. The third-order valence-electron chi connectivity index (χ3n) is 3.97. The van der Waals surface area contributed by atoms with E-state index in [-0.39, 0.29) is 17.9 Å². The fourth-order valence-electron chi connectivity index (χ4n) is 2.23. The lowest BCUT2D eigenvalue weighted by molar-refractivity contribution is -0.145. The van der Waals surface area contributed by atoms with E-state index < -0.39 is 0 Å². The molecule has 0 unspecified atom stereocenters. The summed E-state index contributed by atoms with van der Waals surface area (Å²) in [5.41, 5.74) is 0.695. The van der Waals surface area contributed by atoms with E-state index in [0.29, 0.717) is 5.57 Å². The second-order valence-corrected chi connectivity index (χ2v) is 6.30. The van der Waals surface area contributed by atoms with E-state index in [9.17, 15) is 9.59 Å². The van der Waals surface area contributed by atoms with Gasteiger partial charge in [-0.3, -0.25) is 4.79 Å². The first-order valence-corrected chi connectivity index (χ1v) is 9.49. The maximum Gasteiger partial charge on any atom is 0.333 e. The van der Waals surface area contributed by atoms with Crippen LogP contribution in [0.1, 0.15) is 71.6 Å². The Kier molecular flexibility index (Phi) is 19.8. The number of allylic oxidation sites excluding steroid dienone is 3. The maximum absolute atomic E-state index is 11.0. The zero-order chi connectivity index (χ0) is 20.2. The van der Waals surface area contributed by atoms with Crippen LogP contribution in [0.25, 0.3) is 0 Å². The van der Waals surface area contributed by atoms with Gasteiger partial charge in [0.1, 0.15) is 0 Å². The van der Waals surface area contributed by atoms with Crippen molar-refractivity contribution in [2.45, 2.75) is 71.6 Å². The molecule has 4 heteroatoms. The second-order valence-electron chi connectivity index (χ2n) is 6.30. The minimum atomic E-state index is -0.233. The summed E-state index contributed by atoms with van der Waals surface area (Å²) in [6.07, 6.45) is 15.5. The highest BCUT2D eigenvalue weighted by molar-refractivity contribution is 5.87. The third-order valence-corrected chi connectivity index (χ3v) is 3.97. The molecule has 0 spiro atoms. The highest BCUT2D eigenvalue weighted by atomic mass is 16.5. The quantitative estimate of drug-likeness (QED) is 0.179. The lowest BCUT2D eigenvalue weighted by Gasteiger charge is -2.07. The Hall–Kier alpha value is -1.84. The molecule has 26 heavy (non-hydrogen) atoms. The van der Waals surface area contributed by atoms with Gasteiger partial charge in [0.2, 0.25) is 0 Å². The molecule has 0 aliphatic carbocycles. The van der Waals surface area contributed by atoms with E-state index in [4.69, 9.17) is 0 Å². The molecule has 0 aromatic heterocycles. The topological polar surface area (TPSA) is 52.6 Å². The molecule has 0 rings (SSSR count). The zero-order valence-electron chi connectivity index (χ0n) is 17.2. The molecular formula is C22H38O4. The van der Waals surface area contributed by atoms with Crippen molar-refractivity contribution in [2.24, 2.45) is 5.92 Å². The van der Waals surface area contributed by atoms with Gasteiger partial charge in [0.15, 0.2) is 0 Å². The van der Waals surface area contributed by atoms with Gasteiger partial charge in [0, 0.05) is 5.57 Å². The predicted octanol–water partition coefficient (Wildman–Crippen LogP) is 5.78. The van der Waals surface area contributed by atoms with Gasteiger partial charge in [-0.1, -0.05) is 38.0 Å². The van der Waals surface area contributed by atoms with E-state index in [1.54, 1.807) is 6.92 Å². The summed E-state index contributed by atoms with van der Waals surface area (Å²) >= 11 is 0. The fraction of sp³-hybridized carbons (Fsp3) is 0.636. The average Bonchev–Trinajstić information content (AvgIpc) is 2.66. The van der Waals surface area contributed by atoms with E-state index in [1.807, 2.05) is 25.2 Å². The van der Waals surface area contributed by atoms with E-state index in [0.717, 1.165) is 44.9 Å². The van der Waals surface area contributed by atoms with Crippen molar-refractivity contribution in [1.82, 2.24) is 0 Å². The second kappa shape index (κ2) is 19.5. The lowest BCUT2D eigenvalue weighted by Crippen LogP contribution is -2.12. The Morgan fingerprint density at radius 3 is 1.92 bits per heavy atom. The smallest absolute Gasteiger partial charge is 0.333 e. The molecular weight excluding hydrogens is 328 g/mol. The van der Waals surface area contributed by atoms with Gasteiger partial charge in [-0.05, 0) is 51.9 Å². The Balaban J connectivity index is 0. The molecule has 0 radical (unpaired) electrons. The van der Waals surface area contributed by atoms with Crippen molar-refractivity contribution < 1.29 is 19.1 Å². The first-order chi connectivity index (χ1) is 12.4. The number of hydrogen-bond donors (Lipinski definition) is 0. The summed E-state index contributed by atoms with van der Waals surface area (Å²) in [5.74, 6) is -0.277. The van der Waals surface area contributed by atoms with Crippen LogP contribution in [0.3, 0.4) is 0 Å². The molecule has 0 aromatic rings. The minimum absolute atomic E-state index is 0.0498. The monoisotopic (exact) mass is 366 g/mol. The predicted molar refractivity (Wildman–Crippen MR) is 109 cm³/mol. The largest absolute Gasteiger partial charge is 0.469 e. The lowest BCUT2D eigenvalue weighted by atomic mass is 10.0. The number of methoxy groups -OCH3 is 2. The van der Waals surface area contributed by atoms with Gasteiger partial charge >= 0.3 is 11.9 Å². The van der Waals surface area contributed by atoms with Gasteiger partial charge in [-0.25, -0.2) is 4.79 Å². The molecule has 1 atom stereocenters. The normalized spacial score (nSPS) is 11.6. The Labute approximate surface area is 160 Å². The van der Waals surface area contributed by atoms with E-state index in [1.165, 1.54) is 27.1 Å². The Morgan fingerprint density at radius 2 is 1.42 bits per heavy atom. The molecule has 0 fully saturated rings. The standard InChI is InChI=1S/C11H20O2.C11H18O2/c2*1-4-5-6-7-8-9-10(2)11(12)13-3/h4,10H,1,5-9H2,2-3H3;4,9H,1,5-8H2,2-3H3/b;10-9-/t10-;/m1./s1. The van der Waals surface area contributed by atoms with Crippen LogP contribution in [0.5, 0.6) is 0 Å². The van der Waals surface area contributed by atoms with Crippen LogP contribution in [-0.2, 0) is 19.1 Å². The Bertz CT molecular complexity index is 424. The molecule has 150 valence electrons. The highest BCUT2D eigenvalue weighted by Gasteiger charge is 2.11. The average molecular weight is 367 g/mol. The van der Waals surface area contributed by atoms with Crippen LogP contribution in [0.2, 0.25) is 0 Å². The van der Waals surface area contributed by atoms with Crippen LogP contribution in [0.4, 0.5) is 0 Å². The van der Waals surface area contributed by atoms with Crippen molar-refractivity contribution >= 4 is 11.9 Å². The molecule has 0 amide bonds. The van der Waals surface area contributed by atoms with E-state index >= 15 is 0 Å². The summed E-state index contributed by atoms with van der Waals surface area (Å²) in [6.45, 7) is 11.0. The summed E-state index contributed by atoms with van der Waals surface area (Å²) < 4.78 is 9.20. The highest BCUT2D eigenvalue weighted by Crippen LogP contribution is 2.11. The van der Waals surface area contributed by atoms with Gasteiger partial charge in [0.25, 0.3) is 0 Å². The fourth-order valence-corrected chi connectivity index (χ4v) is 2.23. The molecule has 0 aliphatic heterocycles. The van der Waals surface area contributed by atoms with Crippen LogP contribution < -0.4 is 0 Å². The molecule has 0 bridgehead atoms. The van der Waals surface area contributed by atoms with Gasteiger partial charge < -0.3 is 9.47 Å². The summed E-state index contributed by atoms with van der Waals surface area (Å²) in [6, 6.07) is 0. The summed E-state index contributed by atoms with van der Waals surface area (Å²) in [4.78, 5) is 21.9. The molecule has 4 nitrogen and oxygen atoms in total. The number of esters is 2. The first kappa shape index (κ1) is 26.4. The van der Waals surface area contributed by atoms with Gasteiger partial charge in [0.05, 0.1) is 20.1 Å². The molecule has 0 aromatic carbocycles. The third kappa shape index (κ3) is 17.0. The van der Waals surface area contributed by atoms with E-state index in [2.05, 4.69) is 22.6 Å². The van der Waals surface area contributed by atoms with Crippen LogP contribution in [0.15, 0.2) is 37.0 Å². The number of ether oxygens (including phenoxy) is 2. The molecule has 0 aliphatic rings. The number of rotatable bonds is 13. The number of carbonyl (C=O) groups is 2. The summed E-state index contributed by atoms with van der Waals surface area (Å²) in [5, 5.41) is 0. The van der Waals surface area contributed by atoms with Gasteiger partial charge in [-0.15, -0.1) is 13.2 Å². The van der Waals surface area contributed by atoms with Crippen molar-refractivity contribution in [3.8, 4) is 0 Å². The van der Waals surface area contributed by atoms with Gasteiger partial charge in [-0.2, -0.15) is 0 Å². The number of carbonyl (C=O) groups excluding carboxylic acids is 2. The van der Waals surface area contributed by atoms with Crippen molar-refractivity contribution in [1.29, 1.82) is 0 Å². The SMILES string of the molecule is C=CCCCC/C=C(/C)C(=O)OC.C=CCCCCC[C@@H](C)C(=O)OC. The summed E-state index contributed by atoms with van der Waals surface area (Å²) in [7, 11) is 2.84.